The van der Waals surface area contributed by atoms with Gasteiger partial charge in [0.15, 0.2) is 17.7 Å². The standard InChI is InChI=1S/C20H22O3/c1-4-14(2)16-12-8-9-13-17(16)19(22)20(23-3)18(21)15-10-6-5-7-11-15/h5-14,20H,4H2,1-3H3. The maximum Gasteiger partial charge on any atom is 0.199 e. The summed E-state index contributed by atoms with van der Waals surface area (Å²) in [5.74, 6) is -0.339. The first-order valence-corrected chi connectivity index (χ1v) is 7.85. The van der Waals surface area contributed by atoms with Gasteiger partial charge < -0.3 is 4.74 Å². The maximum absolute atomic E-state index is 12.9. The van der Waals surface area contributed by atoms with Crippen molar-refractivity contribution in [3.63, 3.8) is 0 Å². The van der Waals surface area contributed by atoms with Crippen LogP contribution in [0.1, 0.15) is 52.5 Å². The number of benzene rings is 2. The highest BCUT2D eigenvalue weighted by molar-refractivity contribution is 6.19. The van der Waals surface area contributed by atoms with Gasteiger partial charge in [-0.15, -0.1) is 0 Å². The summed E-state index contributed by atoms with van der Waals surface area (Å²) in [5, 5.41) is 0. The summed E-state index contributed by atoms with van der Waals surface area (Å²) in [6.07, 6.45) is -0.184. The molecule has 2 aromatic rings. The number of carbonyl (C=O) groups is 2. The van der Waals surface area contributed by atoms with Crippen LogP contribution in [0.2, 0.25) is 0 Å². The van der Waals surface area contributed by atoms with E-state index in [0.717, 1.165) is 12.0 Å². The van der Waals surface area contributed by atoms with Crippen molar-refractivity contribution in [3.05, 3.63) is 71.3 Å². The SMILES string of the molecule is CCC(C)c1ccccc1C(=O)C(OC)C(=O)c1ccccc1. The first kappa shape index (κ1) is 17.1. The molecule has 2 aromatic carbocycles. The maximum atomic E-state index is 12.9. The minimum Gasteiger partial charge on any atom is -0.365 e. The lowest BCUT2D eigenvalue weighted by Gasteiger charge is -2.18. The molecule has 0 radical (unpaired) electrons. The fraction of sp³-hybridized carbons (Fsp3) is 0.300. The Morgan fingerprint density at radius 1 is 0.957 bits per heavy atom. The van der Waals surface area contributed by atoms with Crippen molar-refractivity contribution in [2.75, 3.05) is 7.11 Å². The fourth-order valence-electron chi connectivity index (χ4n) is 2.60. The molecule has 0 aliphatic heterocycles. The third-order valence-corrected chi connectivity index (χ3v) is 4.14. The molecule has 23 heavy (non-hydrogen) atoms. The van der Waals surface area contributed by atoms with Gasteiger partial charge in [0.05, 0.1) is 0 Å². The fourth-order valence-corrected chi connectivity index (χ4v) is 2.60. The molecule has 0 saturated carbocycles. The molecule has 0 aliphatic carbocycles. The number of methoxy groups -OCH3 is 1. The van der Waals surface area contributed by atoms with Crippen LogP contribution in [-0.4, -0.2) is 24.8 Å². The van der Waals surface area contributed by atoms with E-state index in [0.29, 0.717) is 11.1 Å². The lowest BCUT2D eigenvalue weighted by atomic mass is 9.89. The third kappa shape index (κ3) is 3.74. The zero-order valence-corrected chi connectivity index (χ0v) is 13.8. The molecule has 0 heterocycles. The predicted molar refractivity (Wildman–Crippen MR) is 91.0 cm³/mol. The number of Topliss-reactive ketones (excluding diaryl/α,β-unsaturated/α-hetero) is 2. The van der Waals surface area contributed by atoms with Crippen LogP contribution in [0.25, 0.3) is 0 Å². The third-order valence-electron chi connectivity index (χ3n) is 4.14. The van der Waals surface area contributed by atoms with Crippen molar-refractivity contribution < 1.29 is 14.3 Å². The molecule has 3 nitrogen and oxygen atoms in total. The molecule has 2 rings (SSSR count). The van der Waals surface area contributed by atoms with Crippen LogP contribution in [0.3, 0.4) is 0 Å². The van der Waals surface area contributed by atoms with Gasteiger partial charge >= 0.3 is 0 Å². The number of ether oxygens (including phenoxy) is 1. The van der Waals surface area contributed by atoms with E-state index in [-0.39, 0.29) is 17.5 Å². The largest absolute Gasteiger partial charge is 0.365 e. The van der Waals surface area contributed by atoms with Gasteiger partial charge in [-0.25, -0.2) is 0 Å². The molecular weight excluding hydrogens is 288 g/mol. The second-order valence-electron chi connectivity index (χ2n) is 5.61. The number of ketones is 2. The molecule has 120 valence electrons. The summed E-state index contributed by atoms with van der Waals surface area (Å²) in [6, 6.07) is 16.2. The Morgan fingerprint density at radius 3 is 2.17 bits per heavy atom. The zero-order chi connectivity index (χ0) is 16.8. The lowest BCUT2D eigenvalue weighted by Crippen LogP contribution is -2.33. The Labute approximate surface area is 137 Å². The molecule has 0 N–H and O–H groups in total. The second-order valence-corrected chi connectivity index (χ2v) is 5.61. The quantitative estimate of drug-likeness (QED) is 0.566. The first-order chi connectivity index (χ1) is 11.1. The van der Waals surface area contributed by atoms with Gasteiger partial charge in [0.1, 0.15) is 0 Å². The molecule has 0 fully saturated rings. The van der Waals surface area contributed by atoms with Crippen LogP contribution >= 0.6 is 0 Å². The van der Waals surface area contributed by atoms with Crippen molar-refractivity contribution in [2.45, 2.75) is 32.3 Å². The highest BCUT2D eigenvalue weighted by atomic mass is 16.5. The number of rotatable bonds is 7. The van der Waals surface area contributed by atoms with Crippen LogP contribution < -0.4 is 0 Å². The van der Waals surface area contributed by atoms with E-state index in [2.05, 4.69) is 13.8 Å². The Morgan fingerprint density at radius 2 is 1.57 bits per heavy atom. The van der Waals surface area contributed by atoms with Crippen LogP contribution in [0.5, 0.6) is 0 Å². The van der Waals surface area contributed by atoms with Gasteiger partial charge in [-0.2, -0.15) is 0 Å². The smallest absolute Gasteiger partial charge is 0.199 e. The Bertz CT molecular complexity index is 676. The number of hydrogen-bond donors (Lipinski definition) is 0. The summed E-state index contributed by atoms with van der Waals surface area (Å²) in [6.45, 7) is 4.15. The summed E-state index contributed by atoms with van der Waals surface area (Å²) in [5.41, 5.74) is 2.01. The van der Waals surface area contributed by atoms with Crippen molar-refractivity contribution in [3.8, 4) is 0 Å². The average Bonchev–Trinajstić information content (AvgIpc) is 2.62. The van der Waals surface area contributed by atoms with Gasteiger partial charge in [-0.05, 0) is 17.9 Å². The van der Waals surface area contributed by atoms with E-state index in [4.69, 9.17) is 4.74 Å². The van der Waals surface area contributed by atoms with E-state index in [1.54, 1.807) is 30.3 Å². The van der Waals surface area contributed by atoms with Crippen LogP contribution in [-0.2, 0) is 4.74 Å². The van der Waals surface area contributed by atoms with Crippen LogP contribution in [0.4, 0.5) is 0 Å². The number of hydrogen-bond acceptors (Lipinski definition) is 3. The summed E-state index contributed by atoms with van der Waals surface area (Å²) in [4.78, 5) is 25.5. The molecule has 0 aromatic heterocycles. The van der Waals surface area contributed by atoms with Crippen molar-refractivity contribution >= 4 is 11.6 Å². The highest BCUT2D eigenvalue weighted by Gasteiger charge is 2.30. The molecule has 0 bridgehead atoms. The molecule has 2 atom stereocenters. The van der Waals surface area contributed by atoms with E-state index in [1.165, 1.54) is 7.11 Å². The molecule has 0 aliphatic rings. The molecular formula is C20H22O3. The van der Waals surface area contributed by atoms with Gasteiger partial charge in [-0.3, -0.25) is 9.59 Å². The Kier molecular flexibility index (Phi) is 5.83. The van der Waals surface area contributed by atoms with Crippen molar-refractivity contribution in [1.82, 2.24) is 0 Å². The monoisotopic (exact) mass is 310 g/mol. The van der Waals surface area contributed by atoms with Gasteiger partial charge in [0.2, 0.25) is 0 Å². The summed E-state index contributed by atoms with van der Waals surface area (Å²) >= 11 is 0. The Hall–Kier alpha value is -2.26. The molecule has 3 heteroatoms. The lowest BCUT2D eigenvalue weighted by molar-refractivity contribution is 0.0512. The number of carbonyl (C=O) groups excluding carboxylic acids is 2. The van der Waals surface area contributed by atoms with E-state index in [1.807, 2.05) is 24.3 Å². The minimum atomic E-state index is -1.11. The average molecular weight is 310 g/mol. The molecule has 0 spiro atoms. The van der Waals surface area contributed by atoms with E-state index >= 15 is 0 Å². The van der Waals surface area contributed by atoms with Gasteiger partial charge in [0, 0.05) is 18.2 Å². The normalized spacial score (nSPS) is 13.3. The van der Waals surface area contributed by atoms with Crippen molar-refractivity contribution in [2.24, 2.45) is 0 Å². The van der Waals surface area contributed by atoms with Crippen LogP contribution in [0, 0.1) is 0 Å². The topological polar surface area (TPSA) is 43.4 Å². The van der Waals surface area contributed by atoms with E-state index < -0.39 is 6.10 Å². The molecule has 2 unspecified atom stereocenters. The Balaban J connectivity index is 2.36. The zero-order valence-electron chi connectivity index (χ0n) is 13.8. The van der Waals surface area contributed by atoms with Crippen molar-refractivity contribution in [1.29, 1.82) is 0 Å². The van der Waals surface area contributed by atoms with Crippen LogP contribution in [0.15, 0.2) is 54.6 Å². The van der Waals surface area contributed by atoms with E-state index in [9.17, 15) is 9.59 Å². The summed E-state index contributed by atoms with van der Waals surface area (Å²) < 4.78 is 5.25. The minimum absolute atomic E-state index is 0.250. The molecule has 0 amide bonds. The first-order valence-electron chi connectivity index (χ1n) is 7.85. The summed E-state index contributed by atoms with van der Waals surface area (Å²) in [7, 11) is 1.40. The predicted octanol–water partition coefficient (Wildman–Crippen LogP) is 4.28. The second kappa shape index (κ2) is 7.84. The highest BCUT2D eigenvalue weighted by Crippen LogP contribution is 2.24. The molecule has 0 saturated heterocycles. The van der Waals surface area contributed by atoms with Gasteiger partial charge in [0.25, 0.3) is 0 Å². The van der Waals surface area contributed by atoms with Gasteiger partial charge in [-0.1, -0.05) is 68.4 Å².